The lowest BCUT2D eigenvalue weighted by molar-refractivity contribution is -0.134. The molecule has 1 fully saturated rings. The molecule has 0 aromatic heterocycles. The molecule has 0 aliphatic heterocycles. The van der Waals surface area contributed by atoms with E-state index in [2.05, 4.69) is 0 Å². The smallest absolute Gasteiger partial charge is 0.308 e. The average molecular weight is 411 g/mol. The van der Waals surface area contributed by atoms with Gasteiger partial charge in [0.25, 0.3) is 5.97 Å². The summed E-state index contributed by atoms with van der Waals surface area (Å²) in [4.78, 5) is 20.1. The van der Waals surface area contributed by atoms with Crippen LogP contribution in [0.4, 0.5) is 0 Å². The number of hydrogen-bond acceptors (Lipinski definition) is 4. The summed E-state index contributed by atoms with van der Waals surface area (Å²) in [5, 5.41) is 17.1. The van der Waals surface area contributed by atoms with Crippen molar-refractivity contribution in [2.24, 2.45) is 0 Å². The number of carboxylic acids is 1. The van der Waals surface area contributed by atoms with Gasteiger partial charge in [-0.1, -0.05) is 49.1 Å². The number of allylic oxidation sites excluding steroid dienone is 1. The molecule has 2 aromatic rings. The van der Waals surface area contributed by atoms with Crippen LogP contribution in [0.3, 0.4) is 0 Å². The van der Waals surface area contributed by atoms with E-state index in [0.29, 0.717) is 5.75 Å². The highest BCUT2D eigenvalue weighted by Gasteiger charge is 2.14. The van der Waals surface area contributed by atoms with E-state index in [9.17, 15) is 9.90 Å². The third kappa shape index (κ3) is 7.74. The molecule has 2 aromatic carbocycles. The first-order chi connectivity index (χ1) is 14.4. The molecule has 1 aliphatic carbocycles. The molecule has 1 saturated carbocycles. The Kier molecular flexibility index (Phi) is 9.13. The molecule has 0 bridgehead atoms. The number of esters is 1. The highest BCUT2D eigenvalue weighted by Crippen LogP contribution is 2.35. The van der Waals surface area contributed by atoms with Crippen molar-refractivity contribution in [3.05, 3.63) is 65.2 Å². The van der Waals surface area contributed by atoms with E-state index in [-0.39, 0.29) is 11.7 Å². The summed E-state index contributed by atoms with van der Waals surface area (Å²) in [7, 11) is 0. The molecule has 5 heteroatoms. The Balaban J connectivity index is 0.000000735. The summed E-state index contributed by atoms with van der Waals surface area (Å²) in [6, 6.07) is 15.2. The Hall–Kier alpha value is -3.08. The van der Waals surface area contributed by atoms with Crippen LogP contribution in [0.25, 0.3) is 5.57 Å². The normalized spacial score (nSPS) is 13.9. The number of ether oxygens (including phenoxy) is 1. The maximum Gasteiger partial charge on any atom is 0.308 e. The molecule has 0 amide bonds. The molecule has 1 aliphatic rings. The van der Waals surface area contributed by atoms with Gasteiger partial charge < -0.3 is 14.9 Å². The molecule has 160 valence electrons. The van der Waals surface area contributed by atoms with Gasteiger partial charge >= 0.3 is 5.97 Å². The summed E-state index contributed by atoms with van der Waals surface area (Å²) in [6.07, 6.45) is 8.59. The lowest BCUT2D eigenvalue weighted by atomic mass is 9.86. The fourth-order valence-electron chi connectivity index (χ4n) is 3.64. The van der Waals surface area contributed by atoms with E-state index < -0.39 is 5.97 Å². The van der Waals surface area contributed by atoms with Crippen LogP contribution in [0.1, 0.15) is 69.9 Å². The first-order valence-electron chi connectivity index (χ1n) is 10.4. The van der Waals surface area contributed by atoms with Crippen molar-refractivity contribution in [3.8, 4) is 11.5 Å². The van der Waals surface area contributed by atoms with Gasteiger partial charge in [0, 0.05) is 13.8 Å². The molecule has 0 saturated heterocycles. The summed E-state index contributed by atoms with van der Waals surface area (Å²) < 4.78 is 5.16. The van der Waals surface area contributed by atoms with E-state index in [1.165, 1.54) is 50.2 Å². The minimum atomic E-state index is -0.833. The van der Waals surface area contributed by atoms with Gasteiger partial charge in [0.15, 0.2) is 0 Å². The highest BCUT2D eigenvalue weighted by molar-refractivity contribution is 5.82. The SMILES string of the molecule is CC(=O)O.CC(=O)Oc1ccc(C(=C2CCCCCCC2)c2ccc(O)cc2)cc1. The maximum absolute atomic E-state index is 11.1. The third-order valence-corrected chi connectivity index (χ3v) is 4.87. The second-order valence-corrected chi connectivity index (χ2v) is 7.43. The number of carboxylic acid groups (broad SMARTS) is 1. The lowest BCUT2D eigenvalue weighted by Gasteiger charge is -2.19. The quantitative estimate of drug-likeness (QED) is 0.482. The molecule has 0 unspecified atom stereocenters. The van der Waals surface area contributed by atoms with Crippen LogP contribution in [0, 0.1) is 0 Å². The Morgan fingerprint density at radius 1 is 0.767 bits per heavy atom. The predicted octanol–water partition coefficient (Wildman–Crippen LogP) is 5.95. The van der Waals surface area contributed by atoms with Gasteiger partial charge in [-0.15, -0.1) is 0 Å². The van der Waals surface area contributed by atoms with Gasteiger partial charge in [0.2, 0.25) is 0 Å². The lowest BCUT2D eigenvalue weighted by Crippen LogP contribution is -2.02. The summed E-state index contributed by atoms with van der Waals surface area (Å²) >= 11 is 0. The van der Waals surface area contributed by atoms with Crippen LogP contribution in [-0.2, 0) is 9.59 Å². The third-order valence-electron chi connectivity index (χ3n) is 4.87. The van der Waals surface area contributed by atoms with E-state index in [0.717, 1.165) is 30.9 Å². The number of carbonyl (C=O) groups excluding carboxylic acids is 1. The Labute approximate surface area is 178 Å². The van der Waals surface area contributed by atoms with Crippen LogP contribution in [0.15, 0.2) is 54.1 Å². The van der Waals surface area contributed by atoms with Crippen molar-refractivity contribution in [1.29, 1.82) is 0 Å². The zero-order valence-electron chi connectivity index (χ0n) is 17.7. The van der Waals surface area contributed by atoms with Crippen LogP contribution in [-0.4, -0.2) is 22.2 Å². The summed E-state index contributed by atoms with van der Waals surface area (Å²) in [5.74, 6) is -0.301. The molecular weight excluding hydrogens is 380 g/mol. The minimum absolute atomic E-state index is 0.279. The summed E-state index contributed by atoms with van der Waals surface area (Å²) in [6.45, 7) is 2.49. The molecular formula is C25H30O5. The Bertz CT molecular complexity index is 849. The number of benzene rings is 2. The molecule has 0 atom stereocenters. The number of aliphatic carboxylic acids is 1. The fraction of sp³-hybridized carbons (Fsp3) is 0.360. The second-order valence-electron chi connectivity index (χ2n) is 7.43. The van der Waals surface area contributed by atoms with Crippen molar-refractivity contribution in [2.75, 3.05) is 0 Å². The zero-order chi connectivity index (χ0) is 21.9. The number of phenolic OH excluding ortho intramolecular Hbond substituents is 1. The van der Waals surface area contributed by atoms with Gasteiger partial charge in [-0.3, -0.25) is 9.59 Å². The van der Waals surface area contributed by atoms with Crippen molar-refractivity contribution < 1.29 is 24.5 Å². The second kappa shape index (κ2) is 11.8. The number of rotatable bonds is 3. The van der Waals surface area contributed by atoms with Crippen molar-refractivity contribution >= 4 is 17.5 Å². The van der Waals surface area contributed by atoms with Crippen LogP contribution >= 0.6 is 0 Å². The average Bonchev–Trinajstić information content (AvgIpc) is 2.65. The van der Waals surface area contributed by atoms with E-state index in [1.807, 2.05) is 36.4 Å². The van der Waals surface area contributed by atoms with Gasteiger partial charge in [-0.25, -0.2) is 0 Å². The zero-order valence-corrected chi connectivity index (χ0v) is 17.7. The molecule has 2 N–H and O–H groups in total. The number of hydrogen-bond donors (Lipinski definition) is 2. The van der Waals surface area contributed by atoms with Crippen molar-refractivity contribution in [3.63, 3.8) is 0 Å². The first kappa shape index (κ1) is 23.2. The number of aromatic hydroxyl groups is 1. The standard InChI is InChI=1S/C23H26O3.C2H4O2/c1-17(24)26-22-15-11-20(12-16-22)23(19-9-13-21(25)14-10-19)18-7-5-3-2-4-6-8-18;1-2(3)4/h9-16,25H,2-8H2,1H3;1H3,(H,3,4). The van der Waals surface area contributed by atoms with Gasteiger partial charge in [-0.05, 0) is 66.6 Å². The van der Waals surface area contributed by atoms with E-state index >= 15 is 0 Å². The van der Waals surface area contributed by atoms with Crippen molar-refractivity contribution in [1.82, 2.24) is 0 Å². The molecule has 0 heterocycles. The largest absolute Gasteiger partial charge is 0.508 e. The van der Waals surface area contributed by atoms with E-state index in [1.54, 1.807) is 12.1 Å². The minimum Gasteiger partial charge on any atom is -0.508 e. The predicted molar refractivity (Wildman–Crippen MR) is 118 cm³/mol. The van der Waals surface area contributed by atoms with Crippen LogP contribution in [0.2, 0.25) is 0 Å². The number of carbonyl (C=O) groups is 2. The highest BCUT2D eigenvalue weighted by atomic mass is 16.5. The fourth-order valence-corrected chi connectivity index (χ4v) is 3.64. The monoisotopic (exact) mass is 410 g/mol. The van der Waals surface area contributed by atoms with E-state index in [4.69, 9.17) is 14.6 Å². The molecule has 0 radical (unpaired) electrons. The van der Waals surface area contributed by atoms with Crippen LogP contribution in [0.5, 0.6) is 11.5 Å². The topological polar surface area (TPSA) is 83.8 Å². The maximum atomic E-state index is 11.1. The number of phenols is 1. The summed E-state index contributed by atoms with van der Waals surface area (Å²) in [5.41, 5.74) is 4.98. The van der Waals surface area contributed by atoms with Gasteiger partial charge in [0.05, 0.1) is 0 Å². The van der Waals surface area contributed by atoms with Gasteiger partial charge in [-0.2, -0.15) is 0 Å². The van der Waals surface area contributed by atoms with Crippen LogP contribution < -0.4 is 4.74 Å². The first-order valence-corrected chi connectivity index (χ1v) is 10.4. The molecule has 0 spiro atoms. The molecule has 30 heavy (non-hydrogen) atoms. The van der Waals surface area contributed by atoms with Gasteiger partial charge in [0.1, 0.15) is 11.5 Å². The Morgan fingerprint density at radius 3 is 1.67 bits per heavy atom. The molecule has 5 nitrogen and oxygen atoms in total. The Morgan fingerprint density at radius 2 is 1.20 bits per heavy atom. The molecule has 3 rings (SSSR count). The van der Waals surface area contributed by atoms with Crippen molar-refractivity contribution in [2.45, 2.75) is 58.8 Å².